The second kappa shape index (κ2) is 12.9. The van der Waals surface area contributed by atoms with Crippen LogP contribution in [0.25, 0.3) is 39.5 Å². The van der Waals surface area contributed by atoms with Gasteiger partial charge in [0.05, 0.1) is 7.11 Å². The van der Waals surface area contributed by atoms with E-state index in [2.05, 4.69) is 169 Å². The Morgan fingerprint density at radius 1 is 0.696 bits per heavy atom. The summed E-state index contributed by atoms with van der Waals surface area (Å²) in [7, 11) is 1.72. The van der Waals surface area contributed by atoms with Gasteiger partial charge in [-0.25, -0.2) is 0 Å². The predicted molar refractivity (Wildman–Crippen MR) is 199 cm³/mol. The van der Waals surface area contributed by atoms with Crippen LogP contribution in [0.15, 0.2) is 121 Å². The van der Waals surface area contributed by atoms with Gasteiger partial charge in [-0.2, -0.15) is 0 Å². The number of allylic oxidation sites excluding steroid dienone is 5. The second-order valence-corrected chi connectivity index (χ2v) is 13.3. The number of methoxy groups -OCH3 is 1. The molecule has 0 unspecified atom stereocenters. The summed E-state index contributed by atoms with van der Waals surface area (Å²) in [5, 5.41) is 0. The third-order valence-electron chi connectivity index (χ3n) is 9.31. The van der Waals surface area contributed by atoms with Gasteiger partial charge in [0, 0.05) is 0 Å². The Balaban J connectivity index is 1.61. The molecule has 0 spiro atoms. The molecule has 46 heavy (non-hydrogen) atoms. The highest BCUT2D eigenvalue weighted by Gasteiger charge is 2.25. The minimum absolute atomic E-state index is 0.0773. The molecule has 0 saturated carbocycles. The van der Waals surface area contributed by atoms with Gasteiger partial charge in [0.1, 0.15) is 5.75 Å². The van der Waals surface area contributed by atoms with Crippen LogP contribution in [0, 0.1) is 6.92 Å². The molecule has 0 atom stereocenters. The number of fused-ring (bicyclic) bond motifs is 1. The molecule has 1 heteroatoms. The van der Waals surface area contributed by atoms with Crippen LogP contribution in [0.2, 0.25) is 0 Å². The molecule has 0 N–H and O–H groups in total. The smallest absolute Gasteiger partial charge is 0.118 e. The molecule has 1 aliphatic carbocycles. The van der Waals surface area contributed by atoms with Gasteiger partial charge in [0.15, 0.2) is 0 Å². The minimum Gasteiger partial charge on any atom is -0.497 e. The highest BCUT2D eigenvalue weighted by Crippen LogP contribution is 2.47. The monoisotopic (exact) mass is 600 g/mol. The largest absolute Gasteiger partial charge is 0.497 e. The van der Waals surface area contributed by atoms with Crippen LogP contribution in [0.1, 0.15) is 79.1 Å². The maximum absolute atomic E-state index is 5.50. The third kappa shape index (κ3) is 6.03. The maximum Gasteiger partial charge on any atom is 0.118 e. The molecule has 0 heterocycles. The molecular formula is C45H44O. The lowest BCUT2D eigenvalue weighted by Gasteiger charge is -2.27. The fourth-order valence-corrected chi connectivity index (χ4v) is 6.59. The van der Waals surface area contributed by atoms with Crippen molar-refractivity contribution in [2.75, 3.05) is 7.11 Å². The van der Waals surface area contributed by atoms with E-state index in [4.69, 9.17) is 4.74 Å². The van der Waals surface area contributed by atoms with Gasteiger partial charge in [0.2, 0.25) is 0 Å². The summed E-state index contributed by atoms with van der Waals surface area (Å²) in [5.41, 5.74) is 18.0. The van der Waals surface area contributed by atoms with E-state index in [0.717, 1.165) is 12.2 Å². The van der Waals surface area contributed by atoms with Crippen LogP contribution >= 0.6 is 0 Å². The van der Waals surface area contributed by atoms with Crippen molar-refractivity contribution in [3.63, 3.8) is 0 Å². The Hall–Kier alpha value is -4.88. The minimum atomic E-state index is 0.0773. The molecule has 230 valence electrons. The summed E-state index contributed by atoms with van der Waals surface area (Å²) < 4.78 is 5.50. The first kappa shape index (κ1) is 31.1. The standard InChI is InChI=1S/C45H44O/c1-8-32-18-19-36-28-37(43(36)44(32)40-17-13-12-14-30(40)2)29-41(34-20-24-38(25-21-34)45(4,5)6)42(35-15-10-9-11-16-35)31(3)33-22-26-39(46-7)27-23-33/h9-29H,8H2,1-7H3/b41-29+,42-31+. The SMILES string of the molecule is CCc1ccc2c(c1-c1ccccc1C)C(/C=C(/C(=C(\C)c1ccc(OC)cc1)c1ccccc1)c1ccc(C(C)(C)C)cc1)=C2. The number of hydrogen-bond donors (Lipinski definition) is 0. The number of rotatable bonds is 8. The van der Waals surface area contributed by atoms with Gasteiger partial charge in [-0.05, 0) is 128 Å². The quantitative estimate of drug-likeness (QED) is 0.127. The highest BCUT2D eigenvalue weighted by molar-refractivity contribution is 6.19. The summed E-state index contributed by atoms with van der Waals surface area (Å²) >= 11 is 0. The van der Waals surface area contributed by atoms with Crippen molar-refractivity contribution in [2.24, 2.45) is 0 Å². The fraction of sp³-hybridized carbons (Fsp3) is 0.200. The Morgan fingerprint density at radius 2 is 1.35 bits per heavy atom. The molecule has 0 radical (unpaired) electrons. The van der Waals surface area contributed by atoms with Crippen molar-refractivity contribution < 1.29 is 4.74 Å². The van der Waals surface area contributed by atoms with Crippen LogP contribution in [-0.4, -0.2) is 7.11 Å². The number of hydrogen-bond acceptors (Lipinski definition) is 1. The highest BCUT2D eigenvalue weighted by atomic mass is 16.5. The van der Waals surface area contributed by atoms with Crippen molar-refractivity contribution in [1.29, 1.82) is 0 Å². The third-order valence-corrected chi connectivity index (χ3v) is 9.31. The second-order valence-electron chi connectivity index (χ2n) is 13.3. The van der Waals surface area contributed by atoms with Crippen LogP contribution < -0.4 is 4.74 Å². The first-order chi connectivity index (χ1) is 22.2. The lowest BCUT2D eigenvalue weighted by molar-refractivity contribution is 0.415. The molecule has 5 aromatic rings. The van der Waals surface area contributed by atoms with Crippen LogP contribution in [0.5, 0.6) is 5.75 Å². The van der Waals surface area contributed by atoms with Crippen LogP contribution in [0.4, 0.5) is 0 Å². The molecule has 1 nitrogen and oxygen atoms in total. The zero-order valence-electron chi connectivity index (χ0n) is 28.2. The van der Waals surface area contributed by atoms with E-state index in [9.17, 15) is 0 Å². The number of ether oxygens (including phenoxy) is 1. The van der Waals surface area contributed by atoms with E-state index >= 15 is 0 Å². The normalized spacial score (nSPS) is 13.4. The van der Waals surface area contributed by atoms with E-state index < -0.39 is 0 Å². The van der Waals surface area contributed by atoms with Gasteiger partial charge < -0.3 is 4.74 Å². The summed E-state index contributed by atoms with van der Waals surface area (Å²) in [4.78, 5) is 0. The van der Waals surface area contributed by atoms with Crippen molar-refractivity contribution >= 4 is 28.4 Å². The molecule has 0 aromatic heterocycles. The van der Waals surface area contributed by atoms with Gasteiger partial charge in [-0.15, -0.1) is 0 Å². The average Bonchev–Trinajstić information content (AvgIpc) is 3.06. The summed E-state index contributed by atoms with van der Waals surface area (Å²) in [6.45, 7) is 13.6. The van der Waals surface area contributed by atoms with Gasteiger partial charge >= 0.3 is 0 Å². The van der Waals surface area contributed by atoms with E-state index in [1.807, 2.05) is 0 Å². The predicted octanol–water partition coefficient (Wildman–Crippen LogP) is 12.1. The summed E-state index contributed by atoms with van der Waals surface area (Å²) in [5.74, 6) is 0.859. The topological polar surface area (TPSA) is 9.23 Å². The Labute approximate surface area is 275 Å². The molecule has 0 fully saturated rings. The van der Waals surface area contributed by atoms with E-state index in [0.29, 0.717) is 0 Å². The van der Waals surface area contributed by atoms with Gasteiger partial charge in [0.25, 0.3) is 0 Å². The summed E-state index contributed by atoms with van der Waals surface area (Å²) in [6, 6.07) is 41.9. The zero-order chi connectivity index (χ0) is 32.4. The molecule has 5 aromatic carbocycles. The number of benzene rings is 5. The fourth-order valence-electron chi connectivity index (χ4n) is 6.59. The average molecular weight is 601 g/mol. The first-order valence-corrected chi connectivity index (χ1v) is 16.4. The number of aryl methyl sites for hydroxylation is 2. The molecule has 6 rings (SSSR count). The van der Waals surface area contributed by atoms with E-state index in [-0.39, 0.29) is 5.41 Å². The Morgan fingerprint density at radius 3 is 1.98 bits per heavy atom. The van der Waals surface area contributed by atoms with E-state index in [1.165, 1.54) is 77.9 Å². The molecule has 1 aliphatic rings. The van der Waals surface area contributed by atoms with Crippen LogP contribution in [-0.2, 0) is 11.8 Å². The zero-order valence-corrected chi connectivity index (χ0v) is 28.2. The lowest BCUT2D eigenvalue weighted by Crippen LogP contribution is -2.10. The molecule has 0 saturated heterocycles. The van der Waals surface area contributed by atoms with E-state index in [1.54, 1.807) is 7.11 Å². The van der Waals surface area contributed by atoms with Crippen molar-refractivity contribution in [3.8, 4) is 16.9 Å². The summed E-state index contributed by atoms with van der Waals surface area (Å²) in [6.07, 6.45) is 5.78. The van der Waals surface area contributed by atoms with Crippen molar-refractivity contribution in [3.05, 3.63) is 166 Å². The van der Waals surface area contributed by atoms with Crippen molar-refractivity contribution in [1.82, 2.24) is 0 Å². The van der Waals surface area contributed by atoms with Gasteiger partial charge in [-0.3, -0.25) is 0 Å². The molecular weight excluding hydrogens is 556 g/mol. The van der Waals surface area contributed by atoms with Crippen LogP contribution in [0.3, 0.4) is 0 Å². The van der Waals surface area contributed by atoms with Gasteiger partial charge in [-0.1, -0.05) is 131 Å². The Bertz CT molecular complexity index is 1960. The molecule has 0 bridgehead atoms. The van der Waals surface area contributed by atoms with Crippen molar-refractivity contribution in [2.45, 2.75) is 53.4 Å². The maximum atomic E-state index is 5.50. The molecule has 0 amide bonds. The molecule has 0 aliphatic heterocycles. The lowest BCUT2D eigenvalue weighted by atomic mass is 9.76. The first-order valence-electron chi connectivity index (χ1n) is 16.4. The Kier molecular flexibility index (Phi) is 8.69.